The number of ether oxygens (including phenoxy) is 1. The van der Waals surface area contributed by atoms with Crippen molar-refractivity contribution in [3.63, 3.8) is 0 Å². The second-order valence-electron chi connectivity index (χ2n) is 6.06. The van der Waals surface area contributed by atoms with Crippen molar-refractivity contribution in [2.24, 2.45) is 0 Å². The molecule has 2 N–H and O–H groups in total. The third-order valence-corrected chi connectivity index (χ3v) is 5.97. The molecule has 9 heteroatoms. The summed E-state index contributed by atoms with van der Waals surface area (Å²) in [6.07, 6.45) is 0. The summed E-state index contributed by atoms with van der Waals surface area (Å²) >= 11 is 0. The predicted molar refractivity (Wildman–Crippen MR) is 84.0 cm³/mol. The molecule has 1 aromatic carbocycles. The fourth-order valence-electron chi connectivity index (χ4n) is 2.72. The molecular weight excluding hydrogens is 322 g/mol. The molecule has 1 saturated heterocycles. The summed E-state index contributed by atoms with van der Waals surface area (Å²) < 4.78 is 32.5. The summed E-state index contributed by atoms with van der Waals surface area (Å²) in [4.78, 5) is 27.7. The molecule has 2 heterocycles. The first-order chi connectivity index (χ1) is 10.7. The molecule has 2 aromatic rings. The minimum atomic E-state index is -3.78. The Kier molecular flexibility index (Phi) is 3.66. The normalized spacial score (nSPS) is 19.0. The maximum Gasteiger partial charge on any atom is 0.326 e. The van der Waals surface area contributed by atoms with Crippen LogP contribution in [0.25, 0.3) is 10.9 Å². The van der Waals surface area contributed by atoms with E-state index in [2.05, 4.69) is 9.97 Å². The van der Waals surface area contributed by atoms with E-state index >= 15 is 0 Å². The second kappa shape index (κ2) is 5.29. The molecule has 0 unspecified atom stereocenters. The molecule has 0 aliphatic carbocycles. The van der Waals surface area contributed by atoms with Gasteiger partial charge < -0.3 is 9.72 Å². The van der Waals surface area contributed by atoms with E-state index < -0.39 is 26.8 Å². The molecule has 0 bridgehead atoms. The molecule has 0 saturated carbocycles. The SMILES string of the molecule is CC1(C)COCCN1S(=O)(=O)c1ccc2[nH]c(=O)[nH]c(=O)c2c1. The van der Waals surface area contributed by atoms with Gasteiger partial charge in [0.25, 0.3) is 5.56 Å². The number of benzene rings is 1. The fraction of sp³-hybridized carbons (Fsp3) is 0.429. The van der Waals surface area contributed by atoms with Gasteiger partial charge in [-0.25, -0.2) is 13.2 Å². The highest BCUT2D eigenvalue weighted by molar-refractivity contribution is 7.89. The molecule has 0 radical (unpaired) electrons. The maximum absolute atomic E-state index is 12.9. The number of hydrogen-bond acceptors (Lipinski definition) is 5. The monoisotopic (exact) mass is 339 g/mol. The number of hydrogen-bond donors (Lipinski definition) is 2. The second-order valence-corrected chi connectivity index (χ2v) is 7.92. The van der Waals surface area contributed by atoms with Crippen LogP contribution in [0.15, 0.2) is 32.7 Å². The number of morpholine rings is 1. The third kappa shape index (κ3) is 2.71. The topological polar surface area (TPSA) is 112 Å². The van der Waals surface area contributed by atoms with Crippen molar-refractivity contribution in [1.82, 2.24) is 14.3 Å². The Morgan fingerprint density at radius 3 is 2.65 bits per heavy atom. The van der Waals surface area contributed by atoms with E-state index in [1.54, 1.807) is 13.8 Å². The summed E-state index contributed by atoms with van der Waals surface area (Å²) in [5.41, 5.74) is -1.64. The van der Waals surface area contributed by atoms with Crippen molar-refractivity contribution in [2.45, 2.75) is 24.3 Å². The summed E-state index contributed by atoms with van der Waals surface area (Å²) in [6, 6.07) is 4.09. The Labute approximate surface area is 132 Å². The van der Waals surface area contributed by atoms with Crippen molar-refractivity contribution in [1.29, 1.82) is 0 Å². The van der Waals surface area contributed by atoms with Gasteiger partial charge in [-0.1, -0.05) is 0 Å². The zero-order valence-electron chi connectivity index (χ0n) is 12.8. The van der Waals surface area contributed by atoms with Gasteiger partial charge in [0.15, 0.2) is 0 Å². The van der Waals surface area contributed by atoms with Crippen LogP contribution in [-0.2, 0) is 14.8 Å². The van der Waals surface area contributed by atoms with Crippen molar-refractivity contribution in [2.75, 3.05) is 19.8 Å². The first-order valence-electron chi connectivity index (χ1n) is 7.09. The highest BCUT2D eigenvalue weighted by Gasteiger charge is 2.39. The molecule has 1 aliphatic heterocycles. The Morgan fingerprint density at radius 1 is 1.22 bits per heavy atom. The molecule has 8 nitrogen and oxygen atoms in total. The van der Waals surface area contributed by atoms with Gasteiger partial charge >= 0.3 is 5.69 Å². The van der Waals surface area contributed by atoms with Gasteiger partial charge in [0.1, 0.15) is 0 Å². The largest absolute Gasteiger partial charge is 0.378 e. The van der Waals surface area contributed by atoms with Crippen molar-refractivity contribution < 1.29 is 13.2 Å². The summed E-state index contributed by atoms with van der Waals surface area (Å²) in [7, 11) is -3.78. The van der Waals surface area contributed by atoms with E-state index in [9.17, 15) is 18.0 Å². The van der Waals surface area contributed by atoms with Crippen LogP contribution in [0.4, 0.5) is 0 Å². The van der Waals surface area contributed by atoms with Gasteiger partial charge in [-0.2, -0.15) is 4.31 Å². The number of nitrogens with one attached hydrogen (secondary N) is 2. The number of rotatable bonds is 2. The average Bonchev–Trinajstić information content (AvgIpc) is 2.45. The summed E-state index contributed by atoms with van der Waals surface area (Å²) in [6.45, 7) is 4.44. The Morgan fingerprint density at radius 2 is 1.96 bits per heavy atom. The molecule has 23 heavy (non-hydrogen) atoms. The smallest absolute Gasteiger partial charge is 0.326 e. The number of H-pyrrole nitrogens is 2. The van der Waals surface area contributed by atoms with Crippen LogP contribution in [-0.4, -0.2) is 48.0 Å². The van der Waals surface area contributed by atoms with Crippen molar-refractivity contribution in [3.8, 4) is 0 Å². The third-order valence-electron chi connectivity index (χ3n) is 3.87. The average molecular weight is 339 g/mol. The number of aromatic amines is 2. The molecule has 1 aliphatic rings. The van der Waals surface area contributed by atoms with Gasteiger partial charge in [0, 0.05) is 6.54 Å². The van der Waals surface area contributed by atoms with E-state index in [0.717, 1.165) is 0 Å². The van der Waals surface area contributed by atoms with Gasteiger partial charge in [0.2, 0.25) is 10.0 Å². The van der Waals surface area contributed by atoms with Gasteiger partial charge in [-0.05, 0) is 32.0 Å². The lowest BCUT2D eigenvalue weighted by Gasteiger charge is -2.40. The maximum atomic E-state index is 12.9. The molecule has 1 aromatic heterocycles. The van der Waals surface area contributed by atoms with E-state index in [1.165, 1.54) is 22.5 Å². The predicted octanol–water partition coefficient (Wildman–Crippen LogP) is 0.0159. The lowest BCUT2D eigenvalue weighted by atomic mass is 10.1. The number of nitrogens with zero attached hydrogens (tertiary/aromatic N) is 1. The number of aromatic nitrogens is 2. The zero-order valence-corrected chi connectivity index (χ0v) is 13.6. The molecule has 0 atom stereocenters. The minimum Gasteiger partial charge on any atom is -0.378 e. The van der Waals surface area contributed by atoms with Crippen molar-refractivity contribution in [3.05, 3.63) is 39.0 Å². The van der Waals surface area contributed by atoms with Gasteiger partial charge in [0.05, 0.1) is 34.6 Å². The van der Waals surface area contributed by atoms with Crippen molar-refractivity contribution >= 4 is 20.9 Å². The van der Waals surface area contributed by atoms with Crippen LogP contribution in [0, 0.1) is 0 Å². The van der Waals surface area contributed by atoms with Crippen LogP contribution in [0.2, 0.25) is 0 Å². The standard InChI is InChI=1S/C14H17N3O5S/c1-14(2)8-22-6-5-17(14)23(20,21)9-3-4-11-10(7-9)12(18)16-13(19)15-11/h3-4,7H,5-6,8H2,1-2H3,(H2,15,16,18,19). The molecule has 3 rings (SSSR count). The Balaban J connectivity index is 2.15. The lowest BCUT2D eigenvalue weighted by molar-refractivity contribution is -0.00770. The Hall–Kier alpha value is -1.97. The number of sulfonamides is 1. The zero-order chi connectivity index (χ0) is 16.8. The first-order valence-corrected chi connectivity index (χ1v) is 8.53. The van der Waals surface area contributed by atoms with Crippen LogP contribution in [0.1, 0.15) is 13.8 Å². The van der Waals surface area contributed by atoms with E-state index in [-0.39, 0.29) is 16.8 Å². The van der Waals surface area contributed by atoms with Crippen LogP contribution in [0.3, 0.4) is 0 Å². The van der Waals surface area contributed by atoms with Crippen LogP contribution >= 0.6 is 0 Å². The molecule has 1 fully saturated rings. The minimum absolute atomic E-state index is 0.0116. The highest BCUT2D eigenvalue weighted by Crippen LogP contribution is 2.28. The van der Waals surface area contributed by atoms with E-state index in [1.807, 2.05) is 0 Å². The first kappa shape index (κ1) is 15.9. The molecule has 0 amide bonds. The lowest BCUT2D eigenvalue weighted by Crippen LogP contribution is -2.55. The number of fused-ring (bicyclic) bond motifs is 1. The highest BCUT2D eigenvalue weighted by atomic mass is 32.2. The quantitative estimate of drug-likeness (QED) is 0.801. The summed E-state index contributed by atoms with van der Waals surface area (Å²) in [5.74, 6) is 0. The Bertz CT molecular complexity index is 974. The van der Waals surface area contributed by atoms with Gasteiger partial charge in [-0.3, -0.25) is 9.78 Å². The van der Waals surface area contributed by atoms with E-state index in [4.69, 9.17) is 4.74 Å². The van der Waals surface area contributed by atoms with E-state index in [0.29, 0.717) is 18.7 Å². The molecular formula is C14H17N3O5S. The van der Waals surface area contributed by atoms with Crippen LogP contribution in [0.5, 0.6) is 0 Å². The van der Waals surface area contributed by atoms with Gasteiger partial charge in [-0.15, -0.1) is 0 Å². The van der Waals surface area contributed by atoms with Crippen LogP contribution < -0.4 is 11.2 Å². The molecule has 0 spiro atoms. The molecule has 124 valence electrons. The summed E-state index contributed by atoms with van der Waals surface area (Å²) in [5, 5.41) is 0.122. The fourth-order valence-corrected chi connectivity index (χ4v) is 4.50.